The van der Waals surface area contributed by atoms with Crippen molar-refractivity contribution in [3.63, 3.8) is 0 Å². The van der Waals surface area contributed by atoms with Crippen molar-refractivity contribution >= 4 is 10.8 Å². The number of hydrogen-bond donors (Lipinski definition) is 3. The van der Waals surface area contributed by atoms with Gasteiger partial charge in [-0.3, -0.25) is 4.79 Å². The van der Waals surface area contributed by atoms with Crippen LogP contribution in [0.2, 0.25) is 0 Å². The summed E-state index contributed by atoms with van der Waals surface area (Å²) >= 11 is 0. The van der Waals surface area contributed by atoms with Gasteiger partial charge in [-0.2, -0.15) is 0 Å². The number of aliphatic hydroxyl groups is 3. The minimum atomic E-state index is -1.16. The monoisotopic (exact) mass is 323 g/mol. The van der Waals surface area contributed by atoms with Crippen LogP contribution < -0.4 is 10.3 Å². The molecule has 1 saturated carbocycles. The molecule has 6 nitrogen and oxygen atoms in total. The minimum Gasteiger partial charge on any atom is -0.494 e. The highest BCUT2D eigenvalue weighted by molar-refractivity contribution is 5.83. The number of aromatic nitrogens is 1. The van der Waals surface area contributed by atoms with Crippen molar-refractivity contribution in [3.05, 3.63) is 40.6 Å². The molecule has 1 aromatic heterocycles. The maximum Gasteiger partial charge on any atom is 0.258 e. The lowest BCUT2D eigenvalue weighted by Gasteiger charge is -2.19. The van der Waals surface area contributed by atoms with Crippen molar-refractivity contribution in [3.8, 4) is 5.75 Å². The molecule has 124 valence electrons. The van der Waals surface area contributed by atoms with E-state index in [2.05, 4.69) is 0 Å². The smallest absolute Gasteiger partial charge is 0.258 e. The Kier molecular flexibility index (Phi) is 4.09. The first-order valence-electron chi connectivity index (χ1n) is 7.33. The van der Waals surface area contributed by atoms with Crippen LogP contribution in [-0.2, 0) is 0 Å². The first-order chi connectivity index (χ1) is 11.0. The van der Waals surface area contributed by atoms with Crippen LogP contribution in [0.25, 0.3) is 10.8 Å². The van der Waals surface area contributed by atoms with E-state index in [9.17, 15) is 24.5 Å². The summed E-state index contributed by atoms with van der Waals surface area (Å²) in [6.45, 7) is -0.275. The van der Waals surface area contributed by atoms with Gasteiger partial charge in [-0.25, -0.2) is 4.39 Å². The van der Waals surface area contributed by atoms with Gasteiger partial charge in [-0.1, -0.05) is 0 Å². The molecule has 0 aliphatic heterocycles. The third-order valence-electron chi connectivity index (χ3n) is 4.57. The SMILES string of the molecule is COc1cc2ccn([C@@H]3C[C@H](CO)[C@@H](O)[C@H]3O)c(=O)c2cc1F. The highest BCUT2D eigenvalue weighted by Crippen LogP contribution is 2.34. The van der Waals surface area contributed by atoms with E-state index in [1.165, 1.54) is 23.9 Å². The number of benzene rings is 1. The third kappa shape index (κ3) is 2.50. The second-order valence-corrected chi connectivity index (χ2v) is 5.83. The molecule has 4 atom stereocenters. The second-order valence-electron chi connectivity index (χ2n) is 5.83. The average Bonchev–Trinajstić information content (AvgIpc) is 2.83. The minimum absolute atomic E-state index is 0.0475. The van der Waals surface area contributed by atoms with Crippen molar-refractivity contribution < 1.29 is 24.4 Å². The summed E-state index contributed by atoms with van der Waals surface area (Å²) in [5.41, 5.74) is -0.459. The van der Waals surface area contributed by atoms with Crippen molar-refractivity contribution in [2.75, 3.05) is 13.7 Å². The predicted molar refractivity (Wildman–Crippen MR) is 81.0 cm³/mol. The normalized spacial score (nSPS) is 27.5. The number of rotatable bonds is 3. The number of ether oxygens (including phenoxy) is 1. The van der Waals surface area contributed by atoms with Crippen LogP contribution in [0.4, 0.5) is 4.39 Å². The molecule has 1 aliphatic carbocycles. The van der Waals surface area contributed by atoms with Crippen molar-refractivity contribution in [1.29, 1.82) is 0 Å². The Labute approximate surface area is 131 Å². The van der Waals surface area contributed by atoms with E-state index < -0.39 is 35.5 Å². The zero-order valence-electron chi connectivity index (χ0n) is 12.5. The number of halogens is 1. The number of nitrogens with zero attached hydrogens (tertiary/aromatic N) is 1. The molecule has 0 spiro atoms. The summed E-state index contributed by atoms with van der Waals surface area (Å²) in [6.07, 6.45) is -0.490. The molecule has 3 rings (SSSR count). The fraction of sp³-hybridized carbons (Fsp3) is 0.438. The standard InChI is InChI=1S/C16H18FNO5/c1-23-13-5-8-2-3-18(16(22)10(8)6-11(13)17)12-4-9(7-19)14(20)15(12)21/h2-3,5-6,9,12,14-15,19-21H,4,7H2,1H3/t9-,12-,14-,15+/m1/s1. The number of fused-ring (bicyclic) bond motifs is 1. The number of hydrogen-bond acceptors (Lipinski definition) is 5. The molecule has 1 heterocycles. The molecule has 2 aromatic rings. The number of methoxy groups -OCH3 is 1. The summed E-state index contributed by atoms with van der Waals surface area (Å²) in [5.74, 6) is -1.09. The van der Waals surface area contributed by atoms with Gasteiger partial charge in [0.15, 0.2) is 11.6 Å². The molecule has 1 aliphatic rings. The molecule has 3 N–H and O–H groups in total. The van der Waals surface area contributed by atoms with E-state index in [1.807, 2.05) is 0 Å². The largest absolute Gasteiger partial charge is 0.494 e. The first kappa shape index (κ1) is 15.9. The predicted octanol–water partition coefficient (Wildman–Crippen LogP) is 0.424. The van der Waals surface area contributed by atoms with Crippen molar-refractivity contribution in [1.82, 2.24) is 4.57 Å². The Morgan fingerprint density at radius 1 is 1.35 bits per heavy atom. The van der Waals surface area contributed by atoms with Crippen LogP contribution in [0.3, 0.4) is 0 Å². The molecular formula is C16H18FNO5. The second kappa shape index (κ2) is 5.92. The summed E-state index contributed by atoms with van der Waals surface area (Å²) in [5, 5.41) is 30.0. The zero-order chi connectivity index (χ0) is 16.7. The van der Waals surface area contributed by atoms with Crippen LogP contribution in [0.1, 0.15) is 12.5 Å². The molecular weight excluding hydrogens is 305 g/mol. The maximum absolute atomic E-state index is 13.9. The Hall–Kier alpha value is -1.96. The third-order valence-corrected chi connectivity index (χ3v) is 4.57. The average molecular weight is 323 g/mol. The molecule has 0 amide bonds. The van der Waals surface area contributed by atoms with Gasteiger partial charge in [0.25, 0.3) is 5.56 Å². The Bertz CT molecular complexity index is 790. The molecule has 7 heteroatoms. The van der Waals surface area contributed by atoms with Crippen molar-refractivity contribution in [2.45, 2.75) is 24.7 Å². The van der Waals surface area contributed by atoms with Crippen LogP contribution in [0.15, 0.2) is 29.2 Å². The molecule has 1 aromatic carbocycles. The maximum atomic E-state index is 13.9. The molecule has 0 unspecified atom stereocenters. The summed E-state index contributed by atoms with van der Waals surface area (Å²) < 4.78 is 20.1. The molecule has 0 radical (unpaired) electrons. The van der Waals surface area contributed by atoms with E-state index in [0.29, 0.717) is 5.39 Å². The van der Waals surface area contributed by atoms with E-state index in [4.69, 9.17) is 4.74 Å². The van der Waals surface area contributed by atoms with Gasteiger partial charge in [0, 0.05) is 18.7 Å². The van der Waals surface area contributed by atoms with E-state index in [0.717, 1.165) is 6.07 Å². The van der Waals surface area contributed by atoms with Crippen LogP contribution in [0, 0.1) is 11.7 Å². The lowest BCUT2D eigenvalue weighted by atomic mass is 10.1. The van der Waals surface area contributed by atoms with Gasteiger partial charge in [-0.15, -0.1) is 0 Å². The van der Waals surface area contributed by atoms with Gasteiger partial charge in [0.2, 0.25) is 0 Å². The van der Waals surface area contributed by atoms with Crippen LogP contribution >= 0.6 is 0 Å². The molecule has 0 saturated heterocycles. The molecule has 0 bridgehead atoms. The lowest BCUT2D eigenvalue weighted by molar-refractivity contribution is -0.00436. The topological polar surface area (TPSA) is 91.9 Å². The first-order valence-corrected chi connectivity index (χ1v) is 7.33. The van der Waals surface area contributed by atoms with E-state index in [-0.39, 0.29) is 24.2 Å². The van der Waals surface area contributed by atoms with E-state index >= 15 is 0 Å². The fourth-order valence-electron chi connectivity index (χ4n) is 3.23. The van der Waals surface area contributed by atoms with Gasteiger partial charge in [0.05, 0.1) is 24.6 Å². The molecule has 23 heavy (non-hydrogen) atoms. The van der Waals surface area contributed by atoms with Crippen LogP contribution in [-0.4, -0.2) is 45.8 Å². The van der Waals surface area contributed by atoms with Gasteiger partial charge in [0.1, 0.15) is 6.10 Å². The highest BCUT2D eigenvalue weighted by Gasteiger charge is 2.42. The molecule has 1 fully saturated rings. The van der Waals surface area contributed by atoms with Crippen LogP contribution in [0.5, 0.6) is 5.75 Å². The highest BCUT2D eigenvalue weighted by atomic mass is 19.1. The zero-order valence-corrected chi connectivity index (χ0v) is 12.5. The van der Waals surface area contributed by atoms with E-state index in [1.54, 1.807) is 6.07 Å². The Balaban J connectivity index is 2.10. The van der Waals surface area contributed by atoms with Gasteiger partial charge >= 0.3 is 0 Å². The summed E-state index contributed by atoms with van der Waals surface area (Å²) in [7, 11) is 1.34. The Morgan fingerprint density at radius 3 is 2.70 bits per heavy atom. The van der Waals surface area contributed by atoms with Gasteiger partial charge in [-0.05, 0) is 30.0 Å². The quantitative estimate of drug-likeness (QED) is 0.762. The van der Waals surface area contributed by atoms with Crippen molar-refractivity contribution in [2.24, 2.45) is 5.92 Å². The van der Waals surface area contributed by atoms with Gasteiger partial charge < -0.3 is 24.6 Å². The number of aliphatic hydroxyl groups excluding tert-OH is 3. The number of pyridine rings is 1. The Morgan fingerprint density at radius 2 is 2.09 bits per heavy atom. The lowest BCUT2D eigenvalue weighted by Crippen LogP contribution is -2.34. The fourth-order valence-corrected chi connectivity index (χ4v) is 3.23. The summed E-state index contributed by atoms with van der Waals surface area (Å²) in [6, 6.07) is 3.51. The summed E-state index contributed by atoms with van der Waals surface area (Å²) in [4.78, 5) is 12.6.